The summed E-state index contributed by atoms with van der Waals surface area (Å²) in [4.78, 5) is 11.9. The van der Waals surface area contributed by atoms with E-state index in [1.807, 2.05) is 0 Å². The Labute approximate surface area is 115 Å². The van der Waals surface area contributed by atoms with Gasteiger partial charge in [-0.25, -0.2) is 13.2 Å². The van der Waals surface area contributed by atoms with Gasteiger partial charge in [-0.15, -0.1) is 0 Å². The van der Waals surface area contributed by atoms with Crippen molar-refractivity contribution in [2.75, 3.05) is 18.4 Å². The van der Waals surface area contributed by atoms with E-state index in [-0.39, 0.29) is 12.6 Å². The molecule has 1 unspecified atom stereocenters. The van der Waals surface area contributed by atoms with Crippen LogP contribution in [0.2, 0.25) is 0 Å². The summed E-state index contributed by atoms with van der Waals surface area (Å²) in [6.45, 7) is -0.694. The Balaban J connectivity index is 2.31. The molecular formula is C12H10F6N2O. The van der Waals surface area contributed by atoms with Crippen molar-refractivity contribution < 1.29 is 31.1 Å². The molecule has 0 spiro atoms. The average molecular weight is 312 g/mol. The van der Waals surface area contributed by atoms with Gasteiger partial charge in [0.1, 0.15) is 5.82 Å². The Morgan fingerprint density at radius 1 is 1.14 bits per heavy atom. The number of hydrogen-bond donors (Lipinski definition) is 2. The van der Waals surface area contributed by atoms with Gasteiger partial charge in [0, 0.05) is 18.7 Å². The lowest BCUT2D eigenvalue weighted by molar-refractivity contribution is -0.213. The zero-order valence-corrected chi connectivity index (χ0v) is 10.5. The lowest BCUT2D eigenvalue weighted by Crippen LogP contribution is -2.49. The van der Waals surface area contributed by atoms with Gasteiger partial charge < -0.3 is 10.6 Å². The zero-order valence-electron chi connectivity index (χ0n) is 10.5. The zero-order chi connectivity index (χ0) is 15.8. The second-order valence-electron chi connectivity index (χ2n) is 4.71. The number of benzene rings is 1. The molecule has 1 aliphatic rings. The first kappa shape index (κ1) is 15.6. The number of hydrogen-bond acceptors (Lipinski definition) is 2. The van der Waals surface area contributed by atoms with E-state index in [0.717, 1.165) is 0 Å². The lowest BCUT2D eigenvalue weighted by atomic mass is 9.85. The molecule has 1 atom stereocenters. The number of anilines is 1. The Kier molecular flexibility index (Phi) is 3.87. The van der Waals surface area contributed by atoms with Gasteiger partial charge >= 0.3 is 6.18 Å². The largest absolute Gasteiger partial charge is 0.404 e. The van der Waals surface area contributed by atoms with Crippen LogP contribution < -0.4 is 10.6 Å². The summed E-state index contributed by atoms with van der Waals surface area (Å²) in [7, 11) is 0. The minimum atomic E-state index is -4.85. The molecule has 0 bridgehead atoms. The molecule has 2 rings (SSSR count). The van der Waals surface area contributed by atoms with Crippen LogP contribution >= 0.6 is 0 Å². The van der Waals surface area contributed by atoms with Crippen LogP contribution in [-0.4, -0.2) is 25.2 Å². The summed E-state index contributed by atoms with van der Waals surface area (Å²) in [6, 6.07) is 0.452. The molecule has 0 radical (unpaired) electrons. The molecule has 0 saturated carbocycles. The summed E-state index contributed by atoms with van der Waals surface area (Å²) < 4.78 is 78.4. The van der Waals surface area contributed by atoms with E-state index in [2.05, 4.69) is 5.32 Å². The van der Waals surface area contributed by atoms with Gasteiger partial charge in [0.15, 0.2) is 17.0 Å². The van der Waals surface area contributed by atoms with E-state index in [1.54, 1.807) is 5.32 Å². The van der Waals surface area contributed by atoms with Crippen molar-refractivity contribution in [3.63, 3.8) is 0 Å². The highest BCUT2D eigenvalue weighted by Gasteiger charge is 2.61. The lowest BCUT2D eigenvalue weighted by Gasteiger charge is -2.29. The summed E-state index contributed by atoms with van der Waals surface area (Å²) in [5.74, 6) is -5.84. The molecule has 1 aromatic carbocycles. The third-order valence-electron chi connectivity index (χ3n) is 3.39. The topological polar surface area (TPSA) is 41.1 Å². The van der Waals surface area contributed by atoms with Crippen LogP contribution in [0.25, 0.3) is 0 Å². The second kappa shape index (κ2) is 5.21. The van der Waals surface area contributed by atoms with Crippen molar-refractivity contribution in [1.82, 2.24) is 5.32 Å². The van der Waals surface area contributed by atoms with Crippen molar-refractivity contribution in [1.29, 1.82) is 0 Å². The normalized spacial score (nSPS) is 22.4. The molecule has 116 valence electrons. The smallest absolute Gasteiger partial charge is 0.323 e. The summed E-state index contributed by atoms with van der Waals surface area (Å²) >= 11 is 0. The average Bonchev–Trinajstić information content (AvgIpc) is 2.85. The standard InChI is InChI=1S/C12H10F6N2O/c13-6-3-8(15)9(4-7(6)14)20-10(21)11(12(16,17)18)1-2-19-5-11/h3-4,19H,1-2,5H2,(H,20,21). The third kappa shape index (κ3) is 2.69. The van der Waals surface area contributed by atoms with Gasteiger partial charge in [0.2, 0.25) is 5.91 Å². The van der Waals surface area contributed by atoms with Crippen LogP contribution in [0.15, 0.2) is 12.1 Å². The number of amides is 1. The number of carbonyl (C=O) groups is 1. The van der Waals surface area contributed by atoms with Gasteiger partial charge in [-0.3, -0.25) is 4.79 Å². The fraction of sp³-hybridized carbons (Fsp3) is 0.417. The second-order valence-corrected chi connectivity index (χ2v) is 4.71. The maximum Gasteiger partial charge on any atom is 0.404 e. The molecule has 1 aliphatic heterocycles. The van der Waals surface area contributed by atoms with Crippen LogP contribution in [-0.2, 0) is 4.79 Å². The molecule has 9 heteroatoms. The SMILES string of the molecule is O=C(Nc1cc(F)c(F)cc1F)C1(C(F)(F)F)CCNC1. The first-order valence-electron chi connectivity index (χ1n) is 5.91. The first-order chi connectivity index (χ1) is 9.67. The monoisotopic (exact) mass is 312 g/mol. The van der Waals surface area contributed by atoms with E-state index in [9.17, 15) is 31.1 Å². The molecule has 1 aromatic rings. The highest BCUT2D eigenvalue weighted by atomic mass is 19.4. The molecule has 2 N–H and O–H groups in total. The quantitative estimate of drug-likeness (QED) is 0.651. The molecule has 0 aromatic heterocycles. The van der Waals surface area contributed by atoms with Gasteiger partial charge in [0.05, 0.1) is 5.69 Å². The fourth-order valence-corrected chi connectivity index (χ4v) is 2.12. The van der Waals surface area contributed by atoms with Crippen LogP contribution in [0.4, 0.5) is 32.0 Å². The number of nitrogens with one attached hydrogen (secondary N) is 2. The van der Waals surface area contributed by atoms with Gasteiger partial charge in [-0.05, 0) is 13.0 Å². The molecule has 1 heterocycles. The highest BCUT2D eigenvalue weighted by molar-refractivity contribution is 5.96. The van der Waals surface area contributed by atoms with Crippen molar-refractivity contribution in [3.05, 3.63) is 29.6 Å². The Morgan fingerprint density at radius 2 is 1.76 bits per heavy atom. The highest BCUT2D eigenvalue weighted by Crippen LogP contribution is 2.43. The predicted molar refractivity (Wildman–Crippen MR) is 60.9 cm³/mol. The number of alkyl halides is 3. The molecule has 21 heavy (non-hydrogen) atoms. The van der Waals surface area contributed by atoms with E-state index in [4.69, 9.17) is 0 Å². The Morgan fingerprint density at radius 3 is 2.29 bits per heavy atom. The summed E-state index contributed by atoms with van der Waals surface area (Å²) in [5.41, 5.74) is -3.56. The number of carbonyl (C=O) groups excluding carboxylic acids is 1. The van der Waals surface area contributed by atoms with Crippen LogP contribution in [0, 0.1) is 22.9 Å². The molecule has 1 fully saturated rings. The maximum absolute atomic E-state index is 13.4. The maximum atomic E-state index is 13.4. The van der Waals surface area contributed by atoms with E-state index < -0.39 is 53.6 Å². The van der Waals surface area contributed by atoms with Crippen molar-refractivity contribution in [2.24, 2.45) is 5.41 Å². The van der Waals surface area contributed by atoms with Crippen molar-refractivity contribution >= 4 is 11.6 Å². The molecule has 0 aliphatic carbocycles. The molecule has 3 nitrogen and oxygen atoms in total. The first-order valence-corrected chi connectivity index (χ1v) is 5.91. The summed E-state index contributed by atoms with van der Waals surface area (Å²) in [6.07, 6.45) is -5.37. The molecule has 1 amide bonds. The van der Waals surface area contributed by atoms with E-state index >= 15 is 0 Å². The summed E-state index contributed by atoms with van der Waals surface area (Å²) in [5, 5.41) is 4.10. The van der Waals surface area contributed by atoms with Gasteiger partial charge in [-0.1, -0.05) is 0 Å². The van der Waals surface area contributed by atoms with E-state index in [1.165, 1.54) is 0 Å². The van der Waals surface area contributed by atoms with Crippen LogP contribution in [0.1, 0.15) is 6.42 Å². The predicted octanol–water partition coefficient (Wildman–Crippen LogP) is 2.58. The number of rotatable bonds is 2. The van der Waals surface area contributed by atoms with Crippen LogP contribution in [0.5, 0.6) is 0 Å². The molecular weight excluding hydrogens is 302 g/mol. The number of halogens is 6. The van der Waals surface area contributed by atoms with Gasteiger partial charge in [-0.2, -0.15) is 13.2 Å². The third-order valence-corrected chi connectivity index (χ3v) is 3.39. The Hall–Kier alpha value is -1.77. The minimum absolute atomic E-state index is 0.0345. The van der Waals surface area contributed by atoms with Gasteiger partial charge in [0.25, 0.3) is 0 Å². The van der Waals surface area contributed by atoms with Crippen LogP contribution in [0.3, 0.4) is 0 Å². The Bertz CT molecular complexity index is 566. The molecule has 1 saturated heterocycles. The fourth-order valence-electron chi connectivity index (χ4n) is 2.12. The van der Waals surface area contributed by atoms with Crippen molar-refractivity contribution in [2.45, 2.75) is 12.6 Å². The van der Waals surface area contributed by atoms with E-state index in [0.29, 0.717) is 6.07 Å². The minimum Gasteiger partial charge on any atom is -0.323 e. The van der Waals surface area contributed by atoms with Crippen molar-refractivity contribution in [3.8, 4) is 0 Å².